The number of aryl methyl sites for hydroxylation is 2. The van der Waals surface area contributed by atoms with Gasteiger partial charge in [-0.3, -0.25) is 9.59 Å². The van der Waals surface area contributed by atoms with Crippen LogP contribution >= 0.6 is 0 Å². The van der Waals surface area contributed by atoms with Crippen LogP contribution in [0.3, 0.4) is 0 Å². The summed E-state index contributed by atoms with van der Waals surface area (Å²) >= 11 is 0. The maximum absolute atomic E-state index is 11.5. The Bertz CT molecular complexity index is 646. The number of hydrogen-bond donors (Lipinski definition) is 2. The second-order valence-electron chi connectivity index (χ2n) is 4.37. The minimum Gasteiger partial charge on any atom is -0.481 e. The van der Waals surface area contributed by atoms with Crippen LogP contribution < -0.4 is 5.32 Å². The third-order valence-corrected chi connectivity index (χ3v) is 2.94. The highest BCUT2D eigenvalue weighted by Gasteiger charge is 2.08. The first-order chi connectivity index (χ1) is 8.97. The topological polar surface area (TPSA) is 83.7 Å². The lowest BCUT2D eigenvalue weighted by atomic mass is 10.3. The Morgan fingerprint density at radius 3 is 2.74 bits per heavy atom. The Morgan fingerprint density at radius 2 is 2.05 bits per heavy atom. The maximum atomic E-state index is 11.5. The number of carboxylic acids is 1. The van der Waals surface area contributed by atoms with Crippen LogP contribution in [0.1, 0.15) is 24.2 Å². The molecule has 0 bridgehead atoms. The molecular weight excluding hydrogens is 246 g/mol. The van der Waals surface area contributed by atoms with Crippen LogP contribution in [-0.4, -0.2) is 26.4 Å². The number of hydrogen-bond acceptors (Lipinski definition) is 3. The fourth-order valence-electron chi connectivity index (χ4n) is 1.80. The molecule has 2 heterocycles. The molecule has 6 nitrogen and oxygen atoms in total. The summed E-state index contributed by atoms with van der Waals surface area (Å²) in [5.74, 6) is -1.29. The molecule has 19 heavy (non-hydrogen) atoms. The largest absolute Gasteiger partial charge is 0.481 e. The summed E-state index contributed by atoms with van der Waals surface area (Å²) in [6, 6.07) is 3.56. The fourth-order valence-corrected chi connectivity index (χ4v) is 1.80. The van der Waals surface area contributed by atoms with Gasteiger partial charge >= 0.3 is 5.97 Å². The van der Waals surface area contributed by atoms with Crippen molar-refractivity contribution in [3.8, 4) is 0 Å². The van der Waals surface area contributed by atoms with Crippen molar-refractivity contribution >= 4 is 23.2 Å². The van der Waals surface area contributed by atoms with Crippen LogP contribution in [0.25, 0.3) is 5.65 Å². The van der Waals surface area contributed by atoms with Gasteiger partial charge in [-0.1, -0.05) is 0 Å². The lowest BCUT2D eigenvalue weighted by Gasteiger charge is -2.05. The molecule has 0 atom stereocenters. The summed E-state index contributed by atoms with van der Waals surface area (Å²) in [4.78, 5) is 26.3. The summed E-state index contributed by atoms with van der Waals surface area (Å²) in [6.07, 6.45) is 1.58. The monoisotopic (exact) mass is 261 g/mol. The number of pyridine rings is 1. The minimum atomic E-state index is -0.980. The molecule has 2 rings (SSSR count). The van der Waals surface area contributed by atoms with E-state index in [1.165, 1.54) is 0 Å². The molecule has 0 saturated carbocycles. The van der Waals surface area contributed by atoms with E-state index in [1.54, 1.807) is 12.3 Å². The molecule has 0 aliphatic rings. The number of imidazole rings is 1. The number of nitrogens with zero attached hydrogens (tertiary/aromatic N) is 2. The van der Waals surface area contributed by atoms with Crippen LogP contribution in [0, 0.1) is 13.8 Å². The third kappa shape index (κ3) is 2.90. The van der Waals surface area contributed by atoms with Gasteiger partial charge in [0.1, 0.15) is 5.65 Å². The summed E-state index contributed by atoms with van der Waals surface area (Å²) in [7, 11) is 0. The van der Waals surface area contributed by atoms with Crippen molar-refractivity contribution in [2.75, 3.05) is 5.32 Å². The molecule has 0 saturated heterocycles. The predicted molar refractivity (Wildman–Crippen MR) is 70.2 cm³/mol. The molecule has 100 valence electrons. The fraction of sp³-hybridized carbons (Fsp3) is 0.308. The van der Waals surface area contributed by atoms with Gasteiger partial charge in [0.05, 0.1) is 17.8 Å². The van der Waals surface area contributed by atoms with Crippen LogP contribution in [-0.2, 0) is 9.59 Å². The van der Waals surface area contributed by atoms with Crippen molar-refractivity contribution < 1.29 is 14.7 Å². The molecule has 0 radical (unpaired) electrons. The normalized spacial score (nSPS) is 10.6. The van der Waals surface area contributed by atoms with E-state index in [1.807, 2.05) is 24.3 Å². The van der Waals surface area contributed by atoms with Gasteiger partial charge in [0, 0.05) is 18.3 Å². The molecule has 2 aromatic rings. The number of amides is 1. The van der Waals surface area contributed by atoms with Crippen molar-refractivity contribution in [3.63, 3.8) is 0 Å². The smallest absolute Gasteiger partial charge is 0.303 e. The highest BCUT2D eigenvalue weighted by Crippen LogP contribution is 2.15. The van der Waals surface area contributed by atoms with Gasteiger partial charge in [0.15, 0.2) is 0 Å². The standard InChI is InChI=1S/C13H15N3O3/c1-8-9(2)16-7-10(3-4-11(16)14-8)15-12(17)5-6-13(18)19/h3-4,7H,5-6H2,1-2H3,(H,15,17)(H,18,19). The van der Waals surface area contributed by atoms with Crippen LogP contribution in [0.4, 0.5) is 5.69 Å². The molecule has 6 heteroatoms. The van der Waals surface area contributed by atoms with E-state index in [0.717, 1.165) is 17.0 Å². The van der Waals surface area contributed by atoms with E-state index < -0.39 is 5.97 Å². The molecule has 1 amide bonds. The predicted octanol–water partition coefficient (Wildman–Crippen LogP) is 1.75. The molecule has 0 aromatic carbocycles. The number of nitrogens with one attached hydrogen (secondary N) is 1. The Labute approximate surface area is 110 Å². The Balaban J connectivity index is 2.15. The summed E-state index contributed by atoms with van der Waals surface area (Å²) < 4.78 is 1.89. The molecule has 0 aliphatic carbocycles. The molecule has 2 N–H and O–H groups in total. The zero-order valence-corrected chi connectivity index (χ0v) is 10.8. The zero-order valence-electron chi connectivity index (χ0n) is 10.8. The average Bonchev–Trinajstić information content (AvgIpc) is 2.63. The number of fused-ring (bicyclic) bond motifs is 1. The van der Waals surface area contributed by atoms with Gasteiger partial charge < -0.3 is 14.8 Å². The van der Waals surface area contributed by atoms with Gasteiger partial charge in [-0.2, -0.15) is 0 Å². The lowest BCUT2D eigenvalue weighted by molar-refractivity contribution is -0.138. The van der Waals surface area contributed by atoms with Crippen molar-refractivity contribution in [2.45, 2.75) is 26.7 Å². The maximum Gasteiger partial charge on any atom is 0.303 e. The summed E-state index contributed by atoms with van der Waals surface area (Å²) in [6.45, 7) is 3.87. The number of carbonyl (C=O) groups is 2. The third-order valence-electron chi connectivity index (χ3n) is 2.94. The van der Waals surface area contributed by atoms with Gasteiger partial charge in [-0.15, -0.1) is 0 Å². The number of rotatable bonds is 4. The summed E-state index contributed by atoms with van der Waals surface area (Å²) in [5.41, 5.74) is 3.40. The first kappa shape index (κ1) is 13.1. The van der Waals surface area contributed by atoms with E-state index in [0.29, 0.717) is 5.69 Å². The van der Waals surface area contributed by atoms with E-state index >= 15 is 0 Å². The van der Waals surface area contributed by atoms with Crippen molar-refractivity contribution in [1.29, 1.82) is 0 Å². The SMILES string of the molecule is Cc1nc2ccc(NC(=O)CCC(=O)O)cn2c1C. The van der Waals surface area contributed by atoms with Gasteiger partial charge in [0.25, 0.3) is 0 Å². The molecular formula is C13H15N3O3. The van der Waals surface area contributed by atoms with Gasteiger partial charge in [0.2, 0.25) is 5.91 Å². The number of carboxylic acid groups (broad SMARTS) is 1. The number of aromatic nitrogens is 2. The summed E-state index contributed by atoms with van der Waals surface area (Å²) in [5, 5.41) is 11.2. The van der Waals surface area contributed by atoms with E-state index in [2.05, 4.69) is 10.3 Å². The molecule has 0 spiro atoms. The quantitative estimate of drug-likeness (QED) is 0.878. The highest BCUT2D eigenvalue weighted by molar-refractivity contribution is 5.92. The van der Waals surface area contributed by atoms with E-state index in [-0.39, 0.29) is 18.7 Å². The molecule has 0 unspecified atom stereocenters. The van der Waals surface area contributed by atoms with Crippen molar-refractivity contribution in [2.24, 2.45) is 0 Å². The highest BCUT2D eigenvalue weighted by atomic mass is 16.4. The number of carbonyl (C=O) groups excluding carboxylic acids is 1. The van der Waals surface area contributed by atoms with E-state index in [4.69, 9.17) is 5.11 Å². The van der Waals surface area contributed by atoms with Crippen LogP contribution in [0.15, 0.2) is 18.3 Å². The zero-order chi connectivity index (χ0) is 14.0. The Morgan fingerprint density at radius 1 is 1.32 bits per heavy atom. The van der Waals surface area contributed by atoms with Gasteiger partial charge in [-0.05, 0) is 26.0 Å². The molecule has 0 aliphatic heterocycles. The Hall–Kier alpha value is -2.37. The van der Waals surface area contributed by atoms with Gasteiger partial charge in [-0.25, -0.2) is 4.98 Å². The Kier molecular flexibility index (Phi) is 3.50. The first-order valence-corrected chi connectivity index (χ1v) is 5.94. The molecule has 2 aromatic heterocycles. The average molecular weight is 261 g/mol. The van der Waals surface area contributed by atoms with Crippen LogP contribution in [0.5, 0.6) is 0 Å². The minimum absolute atomic E-state index is 0.0324. The lowest BCUT2D eigenvalue weighted by Crippen LogP contribution is -2.13. The molecule has 0 fully saturated rings. The number of anilines is 1. The second kappa shape index (κ2) is 5.09. The first-order valence-electron chi connectivity index (χ1n) is 5.94. The van der Waals surface area contributed by atoms with E-state index in [9.17, 15) is 9.59 Å². The van der Waals surface area contributed by atoms with Crippen molar-refractivity contribution in [1.82, 2.24) is 9.38 Å². The van der Waals surface area contributed by atoms with Crippen LogP contribution in [0.2, 0.25) is 0 Å². The second-order valence-corrected chi connectivity index (χ2v) is 4.37. The van der Waals surface area contributed by atoms with Crippen molar-refractivity contribution in [3.05, 3.63) is 29.7 Å². The number of aliphatic carboxylic acids is 1.